The van der Waals surface area contributed by atoms with Crippen molar-refractivity contribution in [2.75, 3.05) is 5.32 Å². The summed E-state index contributed by atoms with van der Waals surface area (Å²) in [5, 5.41) is 3.45. The molecule has 1 N–H and O–H groups in total. The maximum Gasteiger partial charge on any atom is 0.235 e. The summed E-state index contributed by atoms with van der Waals surface area (Å²) < 4.78 is 0. The van der Waals surface area contributed by atoms with Gasteiger partial charge in [0, 0.05) is 5.69 Å². The second-order valence-electron chi connectivity index (χ2n) is 4.45. The van der Waals surface area contributed by atoms with Crippen molar-refractivity contribution in [1.82, 2.24) is 0 Å². The monoisotopic (exact) mass is 287 g/mol. The number of ketones is 1. The van der Waals surface area contributed by atoms with Gasteiger partial charge in [0.1, 0.15) is 5.78 Å². The van der Waals surface area contributed by atoms with Crippen molar-refractivity contribution in [2.45, 2.75) is 20.8 Å². The van der Waals surface area contributed by atoms with Gasteiger partial charge in [0.15, 0.2) is 0 Å². The molecule has 1 rings (SSSR count). The van der Waals surface area contributed by atoms with Gasteiger partial charge in [-0.1, -0.05) is 37.0 Å². The molecule has 0 saturated heterocycles. The molecule has 0 saturated carbocycles. The van der Waals surface area contributed by atoms with Gasteiger partial charge in [-0.05, 0) is 31.0 Å². The van der Waals surface area contributed by atoms with Gasteiger partial charge in [-0.3, -0.25) is 9.59 Å². The molecule has 3 nitrogen and oxygen atoms in total. The summed E-state index contributed by atoms with van der Waals surface area (Å²) in [7, 11) is 0. The van der Waals surface area contributed by atoms with Gasteiger partial charge in [-0.15, -0.1) is 0 Å². The van der Waals surface area contributed by atoms with E-state index in [1.807, 2.05) is 13.8 Å². The molecule has 1 amide bonds. The zero-order valence-corrected chi connectivity index (χ0v) is 12.0. The standard InChI is InChI=1S/C13H15Cl2NO2/c1-7(2)12(8(3)17)13(18)16-9-4-5-10(14)11(15)6-9/h4-7,12H,1-3H3,(H,16,18). The van der Waals surface area contributed by atoms with E-state index in [2.05, 4.69) is 5.32 Å². The lowest BCUT2D eigenvalue weighted by atomic mass is 9.91. The first-order valence-corrected chi connectivity index (χ1v) is 6.35. The fourth-order valence-corrected chi connectivity index (χ4v) is 2.05. The quantitative estimate of drug-likeness (QED) is 0.857. The third-order valence-electron chi connectivity index (χ3n) is 2.57. The Hall–Kier alpha value is -1.06. The molecule has 0 spiro atoms. The van der Waals surface area contributed by atoms with E-state index < -0.39 is 5.92 Å². The van der Waals surface area contributed by atoms with E-state index in [0.29, 0.717) is 15.7 Å². The molecule has 98 valence electrons. The van der Waals surface area contributed by atoms with E-state index in [0.717, 1.165) is 0 Å². The number of hydrogen-bond acceptors (Lipinski definition) is 2. The van der Waals surface area contributed by atoms with E-state index >= 15 is 0 Å². The van der Waals surface area contributed by atoms with Crippen molar-refractivity contribution in [3.63, 3.8) is 0 Å². The number of Topliss-reactive ketones (excluding diaryl/α,β-unsaturated/α-hetero) is 1. The van der Waals surface area contributed by atoms with E-state index in [9.17, 15) is 9.59 Å². The number of benzene rings is 1. The Morgan fingerprint density at radius 1 is 1.17 bits per heavy atom. The molecule has 0 aromatic heterocycles. The highest BCUT2D eigenvalue weighted by Crippen LogP contribution is 2.25. The van der Waals surface area contributed by atoms with Gasteiger partial charge < -0.3 is 5.32 Å². The minimum absolute atomic E-state index is 0.0507. The fourth-order valence-electron chi connectivity index (χ4n) is 1.75. The number of carbonyl (C=O) groups excluding carboxylic acids is 2. The van der Waals surface area contributed by atoms with Gasteiger partial charge in [0.2, 0.25) is 5.91 Å². The molecule has 5 heteroatoms. The molecule has 0 radical (unpaired) electrons. The number of halogens is 2. The first kappa shape index (κ1) is 15.0. The van der Waals surface area contributed by atoms with E-state index in [1.54, 1.807) is 18.2 Å². The fraction of sp³-hybridized carbons (Fsp3) is 0.385. The Morgan fingerprint density at radius 2 is 1.78 bits per heavy atom. The number of nitrogens with one attached hydrogen (secondary N) is 1. The molecule has 1 unspecified atom stereocenters. The van der Waals surface area contributed by atoms with Crippen LogP contribution in [0.15, 0.2) is 18.2 Å². The van der Waals surface area contributed by atoms with Crippen molar-refractivity contribution < 1.29 is 9.59 Å². The molecule has 0 fully saturated rings. The second-order valence-corrected chi connectivity index (χ2v) is 5.26. The topological polar surface area (TPSA) is 46.2 Å². The van der Waals surface area contributed by atoms with Crippen LogP contribution in [0.3, 0.4) is 0 Å². The second kappa shape index (κ2) is 6.21. The van der Waals surface area contributed by atoms with Crippen LogP contribution in [0, 0.1) is 11.8 Å². The lowest BCUT2D eigenvalue weighted by Crippen LogP contribution is -2.32. The van der Waals surface area contributed by atoms with Crippen molar-refractivity contribution in [3.05, 3.63) is 28.2 Å². The predicted octanol–water partition coefficient (Wildman–Crippen LogP) is 3.79. The Kier molecular flexibility index (Phi) is 5.17. The smallest absolute Gasteiger partial charge is 0.235 e. The Labute approximate surface area is 116 Å². The van der Waals surface area contributed by atoms with Gasteiger partial charge >= 0.3 is 0 Å². The minimum Gasteiger partial charge on any atom is -0.325 e. The summed E-state index contributed by atoms with van der Waals surface area (Å²) in [5.41, 5.74) is 0.529. The first-order chi connectivity index (χ1) is 8.32. The molecule has 0 heterocycles. The lowest BCUT2D eigenvalue weighted by molar-refractivity contribution is -0.131. The number of amides is 1. The number of anilines is 1. The Balaban J connectivity index is 2.86. The number of rotatable bonds is 4. The summed E-state index contributed by atoms with van der Waals surface area (Å²) in [6, 6.07) is 4.79. The largest absolute Gasteiger partial charge is 0.325 e. The summed E-state index contributed by atoms with van der Waals surface area (Å²) in [5.74, 6) is -1.18. The summed E-state index contributed by atoms with van der Waals surface area (Å²) >= 11 is 11.6. The van der Waals surface area contributed by atoms with Crippen LogP contribution in [0.1, 0.15) is 20.8 Å². The molecule has 1 aromatic carbocycles. The normalized spacial score (nSPS) is 12.3. The van der Waals surface area contributed by atoms with Crippen molar-refractivity contribution >= 4 is 40.6 Å². The van der Waals surface area contributed by atoms with E-state index in [1.165, 1.54) is 6.92 Å². The molecular weight excluding hydrogens is 273 g/mol. The van der Waals surface area contributed by atoms with Crippen LogP contribution in [-0.4, -0.2) is 11.7 Å². The molecule has 0 aliphatic carbocycles. The molecule has 1 atom stereocenters. The van der Waals surface area contributed by atoms with Crippen molar-refractivity contribution in [2.24, 2.45) is 11.8 Å². The van der Waals surface area contributed by atoms with Gasteiger partial charge in [0.05, 0.1) is 16.0 Å². The van der Waals surface area contributed by atoms with E-state index in [-0.39, 0.29) is 17.6 Å². The average molecular weight is 288 g/mol. The summed E-state index contributed by atoms with van der Waals surface area (Å²) in [6.45, 7) is 5.08. The van der Waals surface area contributed by atoms with Crippen LogP contribution < -0.4 is 5.32 Å². The van der Waals surface area contributed by atoms with Crippen LogP contribution in [0.4, 0.5) is 5.69 Å². The minimum atomic E-state index is -0.653. The molecule has 0 aliphatic heterocycles. The van der Waals surface area contributed by atoms with E-state index in [4.69, 9.17) is 23.2 Å². The third kappa shape index (κ3) is 3.72. The zero-order valence-electron chi connectivity index (χ0n) is 10.5. The Bertz CT molecular complexity index is 472. The molecule has 1 aromatic rings. The average Bonchev–Trinajstić information content (AvgIpc) is 2.22. The number of hydrogen-bond donors (Lipinski definition) is 1. The van der Waals surface area contributed by atoms with Crippen LogP contribution in [0.25, 0.3) is 0 Å². The number of carbonyl (C=O) groups is 2. The van der Waals surface area contributed by atoms with Crippen molar-refractivity contribution in [1.29, 1.82) is 0 Å². The van der Waals surface area contributed by atoms with Crippen LogP contribution in [0.2, 0.25) is 10.0 Å². The third-order valence-corrected chi connectivity index (χ3v) is 3.31. The zero-order chi connectivity index (χ0) is 13.9. The molecule has 18 heavy (non-hydrogen) atoms. The van der Waals surface area contributed by atoms with Gasteiger partial charge in [0.25, 0.3) is 0 Å². The lowest BCUT2D eigenvalue weighted by Gasteiger charge is -2.17. The highest BCUT2D eigenvalue weighted by molar-refractivity contribution is 6.42. The van der Waals surface area contributed by atoms with Gasteiger partial charge in [-0.25, -0.2) is 0 Å². The Morgan fingerprint density at radius 3 is 2.22 bits per heavy atom. The molecular formula is C13H15Cl2NO2. The van der Waals surface area contributed by atoms with Gasteiger partial charge in [-0.2, -0.15) is 0 Å². The van der Waals surface area contributed by atoms with Crippen LogP contribution in [0.5, 0.6) is 0 Å². The highest BCUT2D eigenvalue weighted by Gasteiger charge is 2.26. The maximum absolute atomic E-state index is 12.0. The SMILES string of the molecule is CC(=O)C(C(=O)Nc1ccc(Cl)c(Cl)c1)C(C)C. The predicted molar refractivity (Wildman–Crippen MR) is 74.1 cm³/mol. The summed E-state index contributed by atoms with van der Waals surface area (Å²) in [4.78, 5) is 23.4. The molecule has 0 aliphatic rings. The maximum atomic E-state index is 12.0. The van der Waals surface area contributed by atoms with Crippen LogP contribution >= 0.6 is 23.2 Å². The van der Waals surface area contributed by atoms with Crippen molar-refractivity contribution in [3.8, 4) is 0 Å². The molecule has 0 bridgehead atoms. The summed E-state index contributed by atoms with van der Waals surface area (Å²) in [6.07, 6.45) is 0. The van der Waals surface area contributed by atoms with Crippen LogP contribution in [-0.2, 0) is 9.59 Å². The first-order valence-electron chi connectivity index (χ1n) is 5.59. The highest BCUT2D eigenvalue weighted by atomic mass is 35.5.